The molecule has 0 saturated heterocycles. The maximum absolute atomic E-state index is 13.4. The molecule has 0 aliphatic heterocycles. The summed E-state index contributed by atoms with van der Waals surface area (Å²) in [5, 5.41) is 4.21. The lowest BCUT2D eigenvalue weighted by Crippen LogP contribution is -2.43. The molecule has 0 aliphatic carbocycles. The number of alkyl halides is 3. The van der Waals surface area contributed by atoms with E-state index in [1.54, 1.807) is 24.3 Å². The molecule has 5 nitrogen and oxygen atoms in total. The molecule has 1 atom stereocenters. The Morgan fingerprint density at radius 3 is 2.19 bits per heavy atom. The second-order valence-electron chi connectivity index (χ2n) is 8.39. The van der Waals surface area contributed by atoms with Crippen LogP contribution in [-0.4, -0.2) is 25.0 Å². The molecule has 0 spiro atoms. The van der Waals surface area contributed by atoms with Gasteiger partial charge in [0.25, 0.3) is 5.91 Å². The van der Waals surface area contributed by atoms with Crippen LogP contribution in [0.4, 0.5) is 13.2 Å². The maximum atomic E-state index is 13.4. The Labute approximate surface area is 211 Å². The minimum Gasteiger partial charge on any atom is -0.487 e. The van der Waals surface area contributed by atoms with Crippen molar-refractivity contribution in [1.82, 2.24) is 5.32 Å². The first-order chi connectivity index (χ1) is 17.8. The lowest BCUT2D eigenvalue weighted by Gasteiger charge is -2.19. The van der Waals surface area contributed by atoms with E-state index in [-0.39, 0.29) is 24.3 Å². The maximum Gasteiger partial charge on any atom is 0.416 e. The summed E-state index contributed by atoms with van der Waals surface area (Å²) in [5.74, 6) is -0.872. The molecule has 0 heterocycles. The van der Waals surface area contributed by atoms with Crippen molar-refractivity contribution in [2.45, 2.75) is 25.2 Å². The summed E-state index contributed by atoms with van der Waals surface area (Å²) in [6.45, 7) is -0.0587. The van der Waals surface area contributed by atoms with Gasteiger partial charge in [-0.2, -0.15) is 13.2 Å². The van der Waals surface area contributed by atoms with E-state index in [0.717, 1.165) is 23.1 Å². The van der Waals surface area contributed by atoms with Crippen molar-refractivity contribution in [3.8, 4) is 5.75 Å². The van der Waals surface area contributed by atoms with Crippen LogP contribution in [0, 0.1) is 0 Å². The number of benzene rings is 4. The number of methoxy groups -OCH3 is 1. The number of fused-ring (bicyclic) bond motifs is 1. The smallest absolute Gasteiger partial charge is 0.416 e. The first kappa shape index (κ1) is 25.8. The molecular weight excluding hydrogens is 483 g/mol. The van der Waals surface area contributed by atoms with Crippen LogP contribution in [0.15, 0.2) is 91.0 Å². The Hall–Kier alpha value is -4.33. The summed E-state index contributed by atoms with van der Waals surface area (Å²) in [4.78, 5) is 25.8. The van der Waals surface area contributed by atoms with Crippen LogP contribution in [0.2, 0.25) is 0 Å². The molecule has 0 saturated carbocycles. The van der Waals surface area contributed by atoms with E-state index in [4.69, 9.17) is 9.47 Å². The first-order valence-electron chi connectivity index (χ1n) is 11.5. The van der Waals surface area contributed by atoms with Gasteiger partial charge in [0.15, 0.2) is 0 Å². The van der Waals surface area contributed by atoms with Gasteiger partial charge in [0.05, 0.1) is 18.2 Å². The van der Waals surface area contributed by atoms with Crippen molar-refractivity contribution in [3.05, 3.63) is 113 Å². The van der Waals surface area contributed by atoms with Gasteiger partial charge in [-0.1, -0.05) is 72.8 Å². The fraction of sp³-hybridized carbons (Fsp3) is 0.172. The molecule has 8 heteroatoms. The monoisotopic (exact) mass is 507 g/mol. The predicted molar refractivity (Wildman–Crippen MR) is 133 cm³/mol. The minimum absolute atomic E-state index is 0.0587. The van der Waals surface area contributed by atoms with E-state index in [1.165, 1.54) is 19.2 Å². The molecule has 0 unspecified atom stereocenters. The molecular formula is C29H24F3NO4. The van der Waals surface area contributed by atoms with Gasteiger partial charge in [-0.05, 0) is 34.7 Å². The Morgan fingerprint density at radius 2 is 1.51 bits per heavy atom. The van der Waals surface area contributed by atoms with Crippen molar-refractivity contribution in [3.63, 3.8) is 0 Å². The third-order valence-corrected chi connectivity index (χ3v) is 5.86. The van der Waals surface area contributed by atoms with E-state index >= 15 is 0 Å². The number of carbonyl (C=O) groups is 2. The molecule has 190 valence electrons. The van der Waals surface area contributed by atoms with Crippen LogP contribution in [0.25, 0.3) is 10.8 Å². The summed E-state index contributed by atoms with van der Waals surface area (Å²) < 4.78 is 49.6. The molecule has 0 fully saturated rings. The van der Waals surface area contributed by atoms with Crippen LogP contribution in [-0.2, 0) is 28.7 Å². The summed E-state index contributed by atoms with van der Waals surface area (Å²) in [6, 6.07) is 23.6. The highest BCUT2D eigenvalue weighted by molar-refractivity contribution is 6.05. The molecule has 4 aromatic carbocycles. The molecule has 37 heavy (non-hydrogen) atoms. The minimum atomic E-state index is -4.43. The Balaban J connectivity index is 1.61. The lowest BCUT2D eigenvalue weighted by atomic mass is 10.0. The van der Waals surface area contributed by atoms with Gasteiger partial charge in [0, 0.05) is 11.8 Å². The zero-order chi connectivity index (χ0) is 26.4. The average Bonchev–Trinajstić information content (AvgIpc) is 2.91. The van der Waals surface area contributed by atoms with E-state index in [9.17, 15) is 22.8 Å². The van der Waals surface area contributed by atoms with Crippen LogP contribution in [0.3, 0.4) is 0 Å². The summed E-state index contributed by atoms with van der Waals surface area (Å²) in [7, 11) is 1.25. The Bertz CT molecular complexity index is 1390. The summed E-state index contributed by atoms with van der Waals surface area (Å²) in [5.41, 5.74) is 0.778. The van der Waals surface area contributed by atoms with E-state index in [0.29, 0.717) is 10.9 Å². The number of esters is 1. The quantitative estimate of drug-likeness (QED) is 0.299. The number of carbonyl (C=O) groups excluding carboxylic acids is 2. The number of amides is 1. The van der Waals surface area contributed by atoms with Gasteiger partial charge in [-0.3, -0.25) is 4.79 Å². The summed E-state index contributed by atoms with van der Waals surface area (Å²) in [6.07, 6.45) is -4.20. The van der Waals surface area contributed by atoms with Gasteiger partial charge in [0.2, 0.25) is 0 Å². The largest absolute Gasteiger partial charge is 0.487 e. The van der Waals surface area contributed by atoms with Crippen LogP contribution in [0.5, 0.6) is 5.75 Å². The topological polar surface area (TPSA) is 64.6 Å². The average molecular weight is 508 g/mol. The molecule has 4 rings (SSSR count). The van der Waals surface area contributed by atoms with Crippen molar-refractivity contribution in [1.29, 1.82) is 0 Å². The van der Waals surface area contributed by atoms with Crippen molar-refractivity contribution in [2.75, 3.05) is 7.11 Å². The van der Waals surface area contributed by atoms with Crippen molar-refractivity contribution >= 4 is 22.6 Å². The molecule has 1 N–H and O–H groups in total. The molecule has 4 aromatic rings. The van der Waals surface area contributed by atoms with Gasteiger partial charge >= 0.3 is 12.1 Å². The van der Waals surface area contributed by atoms with Gasteiger partial charge in [-0.25, -0.2) is 4.79 Å². The number of hydrogen-bond acceptors (Lipinski definition) is 4. The number of halogens is 3. The van der Waals surface area contributed by atoms with Gasteiger partial charge < -0.3 is 14.8 Å². The third-order valence-electron chi connectivity index (χ3n) is 5.86. The molecule has 1 amide bonds. The number of hydrogen-bond donors (Lipinski definition) is 1. The summed E-state index contributed by atoms with van der Waals surface area (Å²) >= 11 is 0. The Morgan fingerprint density at radius 1 is 0.838 bits per heavy atom. The van der Waals surface area contributed by atoms with Gasteiger partial charge in [-0.15, -0.1) is 0 Å². The molecule has 0 aromatic heterocycles. The number of nitrogens with one attached hydrogen (secondary N) is 1. The fourth-order valence-electron chi connectivity index (χ4n) is 3.94. The lowest BCUT2D eigenvalue weighted by molar-refractivity contribution is -0.143. The van der Waals surface area contributed by atoms with E-state index in [1.807, 2.05) is 42.5 Å². The van der Waals surface area contributed by atoms with E-state index in [2.05, 4.69) is 5.32 Å². The van der Waals surface area contributed by atoms with Crippen LogP contribution in [0.1, 0.15) is 27.0 Å². The van der Waals surface area contributed by atoms with Gasteiger partial charge in [0.1, 0.15) is 18.4 Å². The van der Waals surface area contributed by atoms with Crippen LogP contribution >= 0.6 is 0 Å². The fourth-order valence-corrected chi connectivity index (χ4v) is 3.94. The zero-order valence-corrected chi connectivity index (χ0v) is 19.9. The normalized spacial score (nSPS) is 12.1. The number of rotatable bonds is 8. The highest BCUT2D eigenvalue weighted by Crippen LogP contribution is 2.32. The van der Waals surface area contributed by atoms with Crippen molar-refractivity contribution in [2.24, 2.45) is 0 Å². The van der Waals surface area contributed by atoms with Crippen LogP contribution < -0.4 is 10.1 Å². The second kappa shape index (κ2) is 11.2. The van der Waals surface area contributed by atoms with E-state index < -0.39 is 29.7 Å². The number of ether oxygens (including phenoxy) is 2. The predicted octanol–water partition coefficient (Wildman–Crippen LogP) is 5.95. The molecule has 0 bridgehead atoms. The highest BCUT2D eigenvalue weighted by Gasteiger charge is 2.30. The highest BCUT2D eigenvalue weighted by atomic mass is 19.4. The molecule has 0 radical (unpaired) electrons. The SMILES string of the molecule is COC(=O)[C@H](Cc1ccccc1)NC(=O)c1ccc2ccccc2c1OCc1ccc(C(F)(F)F)cc1. The third kappa shape index (κ3) is 6.27. The Kier molecular flexibility index (Phi) is 7.77. The second-order valence-corrected chi connectivity index (χ2v) is 8.39. The zero-order valence-electron chi connectivity index (χ0n) is 19.9. The van der Waals surface area contributed by atoms with Crippen molar-refractivity contribution < 1.29 is 32.2 Å². The standard InChI is InChI=1S/C29H24F3NO4/c1-36-28(35)25(17-19-7-3-2-4-8-19)33-27(34)24-16-13-21-9-5-6-10-23(21)26(24)37-18-20-11-14-22(15-12-20)29(30,31)32/h2-16,25H,17-18H2,1H3,(H,33,34)/t25-/m0/s1. The first-order valence-corrected chi connectivity index (χ1v) is 11.5. The molecule has 0 aliphatic rings.